The maximum atomic E-state index is 15.3. The van der Waals surface area contributed by atoms with Crippen molar-refractivity contribution in [2.24, 2.45) is 5.92 Å². The third-order valence-corrected chi connectivity index (χ3v) is 11.7. The van der Waals surface area contributed by atoms with Crippen LogP contribution in [0.15, 0.2) is 42.5 Å². The van der Waals surface area contributed by atoms with Gasteiger partial charge in [0.15, 0.2) is 5.11 Å². The van der Waals surface area contributed by atoms with Gasteiger partial charge in [-0.1, -0.05) is 12.1 Å². The number of piperidine rings is 2. The average molecular weight is 803 g/mol. The van der Waals surface area contributed by atoms with Crippen molar-refractivity contribution >= 4 is 52.3 Å². The topological polar surface area (TPSA) is 135 Å². The Morgan fingerprint density at radius 1 is 1.04 bits per heavy atom. The third-order valence-electron chi connectivity index (χ3n) is 11.3. The summed E-state index contributed by atoms with van der Waals surface area (Å²) in [6.07, 6.45) is -1.73. The van der Waals surface area contributed by atoms with Crippen LogP contribution in [0.1, 0.15) is 87.8 Å². The second-order valence-corrected chi connectivity index (χ2v) is 15.8. The standard InChI is InChI=1S/C39H43F5N6O5S/c1-37(2)35(54)49(28-8-5-24(20-45)31(19-28)39(42,43)44)36(56)50(37)27-9-11-29(12-10-27)55-18-16-25-15-17-48(22-38(25,40)41)21-33(52)46-26-6-3-23(4-7-26)30-13-14-32(51)47-34(30)53/h3-8,19,25,27,29-30H,9-18,21-22H2,1-2H3,(H,46,52)(H,47,51,53). The van der Waals surface area contributed by atoms with Crippen LogP contribution in [0.5, 0.6) is 0 Å². The maximum absolute atomic E-state index is 15.3. The number of carbonyl (C=O) groups is 4. The fraction of sp³-hybridized carbons (Fsp3) is 0.538. The number of hydrogen-bond acceptors (Lipinski definition) is 8. The molecule has 2 aromatic carbocycles. The summed E-state index contributed by atoms with van der Waals surface area (Å²) in [7, 11) is 0. The minimum atomic E-state index is -4.80. The highest BCUT2D eigenvalue weighted by molar-refractivity contribution is 7.80. The molecule has 4 amide bonds. The van der Waals surface area contributed by atoms with Crippen LogP contribution in [0.4, 0.5) is 33.3 Å². The van der Waals surface area contributed by atoms with Crippen molar-refractivity contribution in [3.63, 3.8) is 0 Å². The van der Waals surface area contributed by atoms with E-state index < -0.39 is 59.0 Å². The largest absolute Gasteiger partial charge is 0.417 e. The Labute approximate surface area is 326 Å². The van der Waals surface area contributed by atoms with Crippen LogP contribution < -0.4 is 15.5 Å². The smallest absolute Gasteiger partial charge is 0.378 e. The van der Waals surface area contributed by atoms with E-state index in [0.29, 0.717) is 49.9 Å². The van der Waals surface area contributed by atoms with E-state index >= 15 is 8.78 Å². The van der Waals surface area contributed by atoms with Crippen molar-refractivity contribution in [1.29, 1.82) is 5.26 Å². The van der Waals surface area contributed by atoms with Gasteiger partial charge in [-0.3, -0.25) is 34.3 Å². The lowest BCUT2D eigenvalue weighted by molar-refractivity contribution is -0.138. The second-order valence-electron chi connectivity index (χ2n) is 15.4. The highest BCUT2D eigenvalue weighted by Gasteiger charge is 2.53. The zero-order chi connectivity index (χ0) is 40.6. The number of anilines is 2. The third kappa shape index (κ3) is 8.72. The number of nitrogens with one attached hydrogen (secondary N) is 2. The molecular formula is C39H43F5N6O5S. The number of ether oxygens (including phenoxy) is 1. The predicted octanol–water partition coefficient (Wildman–Crippen LogP) is 6.12. The number of hydrogen-bond donors (Lipinski definition) is 2. The van der Waals surface area contributed by atoms with Gasteiger partial charge >= 0.3 is 6.18 Å². The molecule has 0 aromatic heterocycles. The number of alkyl halides is 5. The number of likely N-dealkylation sites (tertiary alicyclic amines) is 1. The first-order valence-electron chi connectivity index (χ1n) is 18.6. The highest BCUT2D eigenvalue weighted by Crippen LogP contribution is 2.41. The maximum Gasteiger partial charge on any atom is 0.417 e. The Kier molecular flexibility index (Phi) is 11.9. The Balaban J connectivity index is 0.944. The average Bonchev–Trinajstić information content (AvgIpc) is 3.31. The molecule has 2 unspecified atom stereocenters. The van der Waals surface area contributed by atoms with Crippen LogP contribution in [0.25, 0.3) is 0 Å². The van der Waals surface area contributed by atoms with E-state index in [-0.39, 0.29) is 67.2 Å². The number of nitrogens with zero attached hydrogens (tertiary/aromatic N) is 4. The molecule has 4 fully saturated rings. The lowest BCUT2D eigenvalue weighted by atomic mass is 9.88. The van der Waals surface area contributed by atoms with Crippen LogP contribution in [-0.2, 0) is 30.1 Å². The van der Waals surface area contributed by atoms with Gasteiger partial charge in [-0.05, 0) is 113 Å². The lowest BCUT2D eigenvalue weighted by Crippen LogP contribution is -2.51. The zero-order valence-corrected chi connectivity index (χ0v) is 31.8. The summed E-state index contributed by atoms with van der Waals surface area (Å²) < 4.78 is 77.7. The molecule has 3 aliphatic heterocycles. The van der Waals surface area contributed by atoms with Gasteiger partial charge < -0.3 is 15.0 Å². The molecular weight excluding hydrogens is 760 g/mol. The Morgan fingerprint density at radius 2 is 1.73 bits per heavy atom. The fourth-order valence-electron chi connectivity index (χ4n) is 8.26. The van der Waals surface area contributed by atoms with Crippen LogP contribution in [-0.4, -0.2) is 88.4 Å². The van der Waals surface area contributed by atoms with Gasteiger partial charge in [0.05, 0.1) is 48.0 Å². The number of benzene rings is 2. The molecule has 6 rings (SSSR count). The number of amides is 4. The summed E-state index contributed by atoms with van der Waals surface area (Å²) in [4.78, 5) is 54.1. The van der Waals surface area contributed by atoms with Gasteiger partial charge in [0.25, 0.3) is 11.8 Å². The minimum Gasteiger partial charge on any atom is -0.378 e. The van der Waals surface area contributed by atoms with E-state index in [0.717, 1.165) is 17.0 Å². The molecule has 0 bridgehead atoms. The summed E-state index contributed by atoms with van der Waals surface area (Å²) in [6, 6.07) is 11.1. The molecule has 17 heteroatoms. The van der Waals surface area contributed by atoms with E-state index in [2.05, 4.69) is 10.6 Å². The molecule has 4 aliphatic rings. The zero-order valence-electron chi connectivity index (χ0n) is 31.0. The Bertz CT molecular complexity index is 1910. The number of halogens is 5. The van der Waals surface area contributed by atoms with Gasteiger partial charge in [-0.15, -0.1) is 0 Å². The van der Waals surface area contributed by atoms with E-state index in [1.54, 1.807) is 49.1 Å². The minimum absolute atomic E-state index is 0.0690. The monoisotopic (exact) mass is 802 g/mol. The molecule has 2 atom stereocenters. The summed E-state index contributed by atoms with van der Waals surface area (Å²) in [5, 5.41) is 14.3. The first kappa shape index (κ1) is 41.1. The first-order valence-corrected chi connectivity index (χ1v) is 19.0. The van der Waals surface area contributed by atoms with Crippen molar-refractivity contribution in [1.82, 2.24) is 15.1 Å². The molecule has 0 spiro atoms. The summed E-state index contributed by atoms with van der Waals surface area (Å²) in [6.45, 7) is 3.01. The molecule has 3 saturated heterocycles. The molecule has 1 aliphatic carbocycles. The number of nitriles is 1. The second kappa shape index (κ2) is 16.1. The van der Waals surface area contributed by atoms with Crippen molar-refractivity contribution in [3.05, 3.63) is 59.2 Å². The number of imide groups is 1. The van der Waals surface area contributed by atoms with Crippen LogP contribution in [0.3, 0.4) is 0 Å². The molecule has 2 aromatic rings. The van der Waals surface area contributed by atoms with Gasteiger partial charge in [-0.25, -0.2) is 8.78 Å². The molecule has 56 heavy (non-hydrogen) atoms. The van der Waals surface area contributed by atoms with Gasteiger partial charge in [0.1, 0.15) is 5.54 Å². The molecule has 300 valence electrons. The van der Waals surface area contributed by atoms with E-state index in [1.165, 1.54) is 11.0 Å². The lowest BCUT2D eigenvalue weighted by Gasteiger charge is -2.41. The summed E-state index contributed by atoms with van der Waals surface area (Å²) in [5.41, 5.74) is -1.75. The Hall–Kier alpha value is -4.53. The van der Waals surface area contributed by atoms with Crippen molar-refractivity contribution in [2.45, 2.75) is 101 Å². The first-order chi connectivity index (χ1) is 26.4. The van der Waals surface area contributed by atoms with E-state index in [9.17, 15) is 37.6 Å². The molecule has 11 nitrogen and oxygen atoms in total. The molecule has 3 heterocycles. The SMILES string of the molecule is CC1(C)C(=O)N(c2ccc(C#N)c(C(F)(F)F)c2)C(=S)N1C1CCC(OCCC2CCN(CC(=O)Nc3ccc(C4CCC(=O)NC4=O)cc3)CC2(F)F)CC1. The van der Waals surface area contributed by atoms with E-state index in [4.69, 9.17) is 17.0 Å². The van der Waals surface area contributed by atoms with Crippen LogP contribution in [0.2, 0.25) is 0 Å². The summed E-state index contributed by atoms with van der Waals surface area (Å²) >= 11 is 5.67. The Morgan fingerprint density at radius 3 is 2.36 bits per heavy atom. The van der Waals surface area contributed by atoms with Crippen LogP contribution >= 0.6 is 12.2 Å². The van der Waals surface area contributed by atoms with E-state index in [1.807, 2.05) is 0 Å². The molecule has 0 radical (unpaired) electrons. The van der Waals surface area contributed by atoms with Gasteiger partial charge in [-0.2, -0.15) is 18.4 Å². The fourth-order valence-corrected chi connectivity index (χ4v) is 8.83. The van der Waals surface area contributed by atoms with Crippen molar-refractivity contribution < 1.29 is 45.9 Å². The number of thiocarbonyl (C=S) groups is 1. The number of rotatable bonds is 10. The van der Waals surface area contributed by atoms with Crippen molar-refractivity contribution in [3.8, 4) is 6.07 Å². The van der Waals surface area contributed by atoms with Crippen LogP contribution in [0, 0.1) is 17.2 Å². The van der Waals surface area contributed by atoms with Gasteiger partial charge in [0.2, 0.25) is 17.7 Å². The highest BCUT2D eigenvalue weighted by atomic mass is 32.1. The molecule has 2 N–H and O–H groups in total. The quantitative estimate of drug-likeness (QED) is 0.166. The normalized spacial score (nSPS) is 25.5. The van der Waals surface area contributed by atoms with Crippen molar-refractivity contribution in [2.75, 3.05) is 36.5 Å². The molecule has 1 saturated carbocycles. The number of carbonyl (C=O) groups excluding carboxylic acids is 4. The van der Waals surface area contributed by atoms with Gasteiger partial charge in [0, 0.05) is 30.7 Å². The summed E-state index contributed by atoms with van der Waals surface area (Å²) in [5.74, 6) is -6.00. The predicted molar refractivity (Wildman–Crippen MR) is 198 cm³/mol.